The van der Waals surface area contributed by atoms with Crippen molar-refractivity contribution in [2.24, 2.45) is 11.7 Å². The van der Waals surface area contributed by atoms with Crippen molar-refractivity contribution in [3.63, 3.8) is 0 Å². The van der Waals surface area contributed by atoms with E-state index in [0.29, 0.717) is 18.9 Å². The van der Waals surface area contributed by atoms with Gasteiger partial charge in [-0.25, -0.2) is 5.43 Å². The maximum Gasteiger partial charge on any atom is 0.221 e. The Labute approximate surface area is 73.9 Å². The van der Waals surface area contributed by atoms with E-state index in [9.17, 15) is 4.79 Å². The highest BCUT2D eigenvalue weighted by Crippen LogP contribution is 2.08. The van der Waals surface area contributed by atoms with Crippen LogP contribution in [0, 0.1) is 5.92 Å². The summed E-state index contributed by atoms with van der Waals surface area (Å²) in [7, 11) is 0. The smallest absolute Gasteiger partial charge is 0.221 e. The number of hydrogen-bond acceptors (Lipinski definition) is 3. The zero-order chi connectivity index (χ0) is 9.40. The highest BCUT2D eigenvalue weighted by atomic mass is 16.1. The van der Waals surface area contributed by atoms with Gasteiger partial charge in [0.15, 0.2) is 0 Å². The van der Waals surface area contributed by atoms with Gasteiger partial charge in [0.2, 0.25) is 6.41 Å². The summed E-state index contributed by atoms with van der Waals surface area (Å²) in [6.45, 7) is 4.80. The molecule has 0 aliphatic heterocycles. The van der Waals surface area contributed by atoms with E-state index in [-0.39, 0.29) is 6.04 Å². The first kappa shape index (κ1) is 11.4. The first-order chi connectivity index (χ1) is 5.76. The molecule has 0 unspecified atom stereocenters. The molecule has 0 bridgehead atoms. The van der Waals surface area contributed by atoms with Crippen molar-refractivity contribution < 1.29 is 4.79 Å². The molecule has 0 aromatic rings. The molecule has 1 amide bonds. The second-order valence-electron chi connectivity index (χ2n) is 2.98. The fourth-order valence-corrected chi connectivity index (χ4v) is 1.23. The molecule has 12 heavy (non-hydrogen) atoms. The summed E-state index contributed by atoms with van der Waals surface area (Å²) in [4.78, 5) is 9.97. The maximum absolute atomic E-state index is 9.97. The minimum Gasteiger partial charge on any atom is -0.330 e. The normalized spacial score (nSPS) is 15.2. The Bertz CT molecular complexity index is 119. The fourth-order valence-electron chi connectivity index (χ4n) is 1.23. The van der Waals surface area contributed by atoms with Gasteiger partial charge < -0.3 is 5.73 Å². The molecule has 4 N–H and O–H groups in total. The van der Waals surface area contributed by atoms with E-state index >= 15 is 0 Å². The lowest BCUT2D eigenvalue weighted by atomic mass is 9.97. The van der Waals surface area contributed by atoms with E-state index in [1.807, 2.05) is 6.92 Å². The summed E-state index contributed by atoms with van der Waals surface area (Å²) < 4.78 is 0. The van der Waals surface area contributed by atoms with Crippen molar-refractivity contribution in [2.75, 3.05) is 6.54 Å². The van der Waals surface area contributed by atoms with Gasteiger partial charge in [-0.15, -0.1) is 0 Å². The van der Waals surface area contributed by atoms with Crippen LogP contribution in [0.4, 0.5) is 0 Å². The van der Waals surface area contributed by atoms with Crippen molar-refractivity contribution in [1.29, 1.82) is 0 Å². The quantitative estimate of drug-likeness (QED) is 0.375. The lowest BCUT2D eigenvalue weighted by Gasteiger charge is -2.22. The number of hydrazine groups is 1. The summed E-state index contributed by atoms with van der Waals surface area (Å²) >= 11 is 0. The third kappa shape index (κ3) is 4.31. The van der Waals surface area contributed by atoms with Crippen LogP contribution in [0.1, 0.15) is 26.7 Å². The largest absolute Gasteiger partial charge is 0.330 e. The molecule has 4 nitrogen and oxygen atoms in total. The lowest BCUT2D eigenvalue weighted by Crippen LogP contribution is -2.44. The molecular weight excluding hydrogens is 154 g/mol. The van der Waals surface area contributed by atoms with E-state index in [1.165, 1.54) is 0 Å². The van der Waals surface area contributed by atoms with E-state index in [4.69, 9.17) is 5.73 Å². The van der Waals surface area contributed by atoms with Crippen LogP contribution in [-0.4, -0.2) is 19.0 Å². The molecule has 0 aliphatic carbocycles. The van der Waals surface area contributed by atoms with Crippen molar-refractivity contribution in [2.45, 2.75) is 32.7 Å². The van der Waals surface area contributed by atoms with Crippen LogP contribution in [0.5, 0.6) is 0 Å². The molecule has 0 aromatic carbocycles. The number of nitrogens with one attached hydrogen (secondary N) is 2. The highest BCUT2D eigenvalue weighted by Gasteiger charge is 2.13. The summed E-state index contributed by atoms with van der Waals surface area (Å²) in [6, 6.07) is 0.236. The van der Waals surface area contributed by atoms with Gasteiger partial charge in [-0.1, -0.05) is 13.3 Å². The van der Waals surface area contributed by atoms with E-state index in [1.54, 1.807) is 0 Å². The van der Waals surface area contributed by atoms with Crippen LogP contribution < -0.4 is 16.6 Å². The first-order valence-electron chi connectivity index (χ1n) is 4.41. The third-order valence-electron chi connectivity index (χ3n) is 2.04. The first-order valence-corrected chi connectivity index (χ1v) is 4.41. The van der Waals surface area contributed by atoms with Gasteiger partial charge in [-0.2, -0.15) is 0 Å². The molecule has 0 radical (unpaired) electrons. The van der Waals surface area contributed by atoms with Gasteiger partial charge >= 0.3 is 0 Å². The van der Waals surface area contributed by atoms with E-state index < -0.39 is 0 Å². The molecule has 0 rings (SSSR count). The Balaban J connectivity index is 3.67. The van der Waals surface area contributed by atoms with Crippen molar-refractivity contribution in [3.8, 4) is 0 Å². The minimum absolute atomic E-state index is 0.236. The average Bonchev–Trinajstić information content (AvgIpc) is 2.10. The second kappa shape index (κ2) is 7.06. The standard InChI is InChI=1S/C8H19N3O/c1-3-4-8(5-9)7(2)11-10-6-12/h6-8,11H,3-5,9H2,1-2H3,(H,10,12)/t7-,8+/m1/s1. The number of hydrogen-bond donors (Lipinski definition) is 3. The van der Waals surface area contributed by atoms with Gasteiger partial charge in [-0.3, -0.25) is 10.2 Å². The molecule has 0 aliphatic rings. The van der Waals surface area contributed by atoms with Crippen molar-refractivity contribution in [1.82, 2.24) is 10.9 Å². The van der Waals surface area contributed by atoms with Gasteiger partial charge in [0.05, 0.1) is 0 Å². The Hall–Kier alpha value is -0.610. The minimum atomic E-state index is 0.236. The summed E-state index contributed by atoms with van der Waals surface area (Å²) in [6.07, 6.45) is 2.84. The van der Waals surface area contributed by atoms with Crippen LogP contribution in [0.25, 0.3) is 0 Å². The van der Waals surface area contributed by atoms with Crippen LogP contribution >= 0.6 is 0 Å². The predicted octanol–water partition coefficient (Wildman–Crippen LogP) is 0.000500. The average molecular weight is 173 g/mol. The molecule has 0 saturated carbocycles. The van der Waals surface area contributed by atoms with Gasteiger partial charge in [-0.05, 0) is 25.8 Å². The van der Waals surface area contributed by atoms with Crippen molar-refractivity contribution in [3.05, 3.63) is 0 Å². The molecule has 2 atom stereocenters. The van der Waals surface area contributed by atoms with Crippen LogP contribution in [0.2, 0.25) is 0 Å². The summed E-state index contributed by atoms with van der Waals surface area (Å²) in [5.41, 5.74) is 10.9. The lowest BCUT2D eigenvalue weighted by molar-refractivity contribution is -0.110. The topological polar surface area (TPSA) is 67.2 Å². The van der Waals surface area contributed by atoms with E-state index in [2.05, 4.69) is 17.8 Å². The molecule has 0 heterocycles. The van der Waals surface area contributed by atoms with Crippen LogP contribution in [0.3, 0.4) is 0 Å². The molecule has 0 saturated heterocycles. The highest BCUT2D eigenvalue weighted by molar-refractivity contribution is 5.44. The number of nitrogens with two attached hydrogens (primary N) is 1. The molecule has 0 fully saturated rings. The third-order valence-corrected chi connectivity index (χ3v) is 2.04. The van der Waals surface area contributed by atoms with Gasteiger partial charge in [0, 0.05) is 6.04 Å². The van der Waals surface area contributed by atoms with Crippen LogP contribution in [0.15, 0.2) is 0 Å². The van der Waals surface area contributed by atoms with Crippen molar-refractivity contribution >= 4 is 6.41 Å². The summed E-state index contributed by atoms with van der Waals surface area (Å²) in [5.74, 6) is 0.433. The molecule has 72 valence electrons. The summed E-state index contributed by atoms with van der Waals surface area (Å²) in [5, 5.41) is 0. The second-order valence-corrected chi connectivity index (χ2v) is 2.98. The van der Waals surface area contributed by atoms with E-state index in [0.717, 1.165) is 12.8 Å². The number of amides is 1. The number of carbonyl (C=O) groups excluding carboxylic acids is 1. The Kier molecular flexibility index (Phi) is 6.70. The van der Waals surface area contributed by atoms with Crippen LogP contribution in [-0.2, 0) is 4.79 Å². The Morgan fingerprint density at radius 3 is 2.67 bits per heavy atom. The predicted molar refractivity (Wildman–Crippen MR) is 49.2 cm³/mol. The molecule has 4 heteroatoms. The zero-order valence-electron chi connectivity index (χ0n) is 7.84. The molecule has 0 aromatic heterocycles. The van der Waals surface area contributed by atoms with Gasteiger partial charge in [0.1, 0.15) is 0 Å². The Morgan fingerprint density at radius 1 is 1.58 bits per heavy atom. The monoisotopic (exact) mass is 173 g/mol. The molecule has 0 spiro atoms. The Morgan fingerprint density at radius 2 is 2.25 bits per heavy atom. The number of carbonyl (C=O) groups is 1. The zero-order valence-corrected chi connectivity index (χ0v) is 7.84. The SMILES string of the molecule is CCC[C@@H](CN)[C@@H](C)NNC=O. The molecular formula is C8H19N3O. The maximum atomic E-state index is 9.97. The number of rotatable bonds is 7. The fraction of sp³-hybridized carbons (Fsp3) is 0.875. The van der Waals surface area contributed by atoms with Gasteiger partial charge in [0.25, 0.3) is 0 Å².